The van der Waals surface area contributed by atoms with Crippen LogP contribution in [-0.4, -0.2) is 21.8 Å². The predicted octanol–water partition coefficient (Wildman–Crippen LogP) is 1.91. The maximum absolute atomic E-state index is 11.6. The third-order valence-corrected chi connectivity index (χ3v) is 3.94. The van der Waals surface area contributed by atoms with E-state index in [0.717, 1.165) is 22.1 Å². The van der Waals surface area contributed by atoms with E-state index in [1.54, 1.807) is 18.5 Å². The van der Waals surface area contributed by atoms with Crippen LogP contribution in [0.3, 0.4) is 0 Å². The van der Waals surface area contributed by atoms with Gasteiger partial charge in [0, 0.05) is 35.6 Å². The number of nitrogens with two attached hydrogens (primary N) is 2. The molecule has 0 saturated heterocycles. The van der Waals surface area contributed by atoms with Gasteiger partial charge in [-0.1, -0.05) is 18.7 Å². The first-order valence-electron chi connectivity index (χ1n) is 7.58. The molecule has 25 heavy (non-hydrogen) atoms. The number of anilines is 1. The molecule has 7 nitrogen and oxygen atoms in total. The van der Waals surface area contributed by atoms with Gasteiger partial charge in [0.2, 0.25) is 5.91 Å². The van der Waals surface area contributed by atoms with Gasteiger partial charge in [-0.25, -0.2) is 4.98 Å². The van der Waals surface area contributed by atoms with Gasteiger partial charge in [-0.15, -0.1) is 0 Å². The monoisotopic (exact) mass is 335 g/mol. The number of benzene rings is 1. The number of carbonyl (C=O) groups is 2. The normalized spacial score (nSPS) is 10.6. The summed E-state index contributed by atoms with van der Waals surface area (Å²) in [6.45, 7) is 3.67. The van der Waals surface area contributed by atoms with E-state index in [2.05, 4.69) is 21.9 Å². The number of primary amides is 1. The van der Waals surface area contributed by atoms with Crippen molar-refractivity contribution in [1.82, 2.24) is 9.97 Å². The number of hydrogen-bond acceptors (Lipinski definition) is 4. The van der Waals surface area contributed by atoms with E-state index in [4.69, 9.17) is 11.5 Å². The van der Waals surface area contributed by atoms with Gasteiger partial charge in [0.15, 0.2) is 5.69 Å². The Morgan fingerprint density at radius 3 is 2.76 bits per heavy atom. The number of hydrogen-bond donors (Lipinski definition) is 4. The topological polar surface area (TPSA) is 127 Å². The molecule has 0 bridgehead atoms. The Balaban J connectivity index is 2.22. The van der Waals surface area contributed by atoms with Gasteiger partial charge in [-0.3, -0.25) is 9.59 Å². The largest absolute Gasteiger partial charge is 0.364 e. The average Bonchev–Trinajstić information content (AvgIpc) is 3.10. The van der Waals surface area contributed by atoms with Gasteiger partial charge in [0.05, 0.1) is 5.52 Å². The Hall–Kier alpha value is -3.45. The third kappa shape index (κ3) is 2.88. The Morgan fingerprint density at radius 1 is 1.28 bits per heavy atom. The van der Waals surface area contributed by atoms with Crippen molar-refractivity contribution in [3.05, 3.63) is 60.6 Å². The summed E-state index contributed by atoms with van der Waals surface area (Å²) in [6, 6.07) is 7.31. The van der Waals surface area contributed by atoms with Crippen molar-refractivity contribution in [3.8, 4) is 11.1 Å². The molecule has 0 spiro atoms. The standard InChI is InChI=1S/C18H17N5O2/c1-2-15(24)23-14-5-3-4-10(12(14)8-19)13-9-22-17(18(20)25)16-11(13)6-7-21-16/h2-7,9,21H,1,8,19H2,(H2,20,25)(H,23,24). The number of H-pyrrole nitrogens is 1. The van der Waals surface area contributed by atoms with Crippen molar-refractivity contribution in [2.75, 3.05) is 5.32 Å². The molecule has 0 saturated carbocycles. The molecule has 2 heterocycles. The van der Waals surface area contributed by atoms with Crippen LogP contribution < -0.4 is 16.8 Å². The van der Waals surface area contributed by atoms with Gasteiger partial charge in [-0.05, 0) is 29.3 Å². The first kappa shape index (κ1) is 16.4. The highest BCUT2D eigenvalue weighted by molar-refractivity contribution is 6.08. The van der Waals surface area contributed by atoms with E-state index in [1.807, 2.05) is 18.2 Å². The Kier molecular flexibility index (Phi) is 4.32. The molecule has 3 rings (SSSR count). The van der Waals surface area contributed by atoms with Crippen LogP contribution in [0, 0.1) is 0 Å². The van der Waals surface area contributed by atoms with Crippen molar-refractivity contribution >= 4 is 28.4 Å². The first-order valence-corrected chi connectivity index (χ1v) is 7.58. The van der Waals surface area contributed by atoms with Crippen molar-refractivity contribution in [2.24, 2.45) is 11.5 Å². The summed E-state index contributed by atoms with van der Waals surface area (Å²) in [5, 5.41) is 3.55. The number of pyridine rings is 1. The summed E-state index contributed by atoms with van der Waals surface area (Å²) in [5.41, 5.74) is 15.0. The second kappa shape index (κ2) is 6.58. The Bertz CT molecular complexity index is 990. The zero-order chi connectivity index (χ0) is 18.0. The van der Waals surface area contributed by atoms with Crippen LogP contribution in [0.4, 0.5) is 5.69 Å². The van der Waals surface area contributed by atoms with E-state index in [0.29, 0.717) is 11.2 Å². The minimum absolute atomic E-state index is 0.175. The van der Waals surface area contributed by atoms with Gasteiger partial charge >= 0.3 is 0 Å². The molecule has 0 aliphatic carbocycles. The van der Waals surface area contributed by atoms with Gasteiger partial charge < -0.3 is 21.8 Å². The van der Waals surface area contributed by atoms with Crippen LogP contribution >= 0.6 is 0 Å². The van der Waals surface area contributed by atoms with Crippen LogP contribution in [0.1, 0.15) is 16.1 Å². The number of nitrogens with one attached hydrogen (secondary N) is 2. The maximum atomic E-state index is 11.6. The van der Waals surface area contributed by atoms with Gasteiger partial charge in [-0.2, -0.15) is 0 Å². The summed E-state index contributed by atoms with van der Waals surface area (Å²) < 4.78 is 0. The zero-order valence-corrected chi connectivity index (χ0v) is 13.4. The summed E-state index contributed by atoms with van der Waals surface area (Å²) in [4.78, 5) is 30.4. The lowest BCUT2D eigenvalue weighted by Crippen LogP contribution is -2.14. The van der Waals surface area contributed by atoms with Crippen molar-refractivity contribution < 1.29 is 9.59 Å². The molecule has 0 atom stereocenters. The Morgan fingerprint density at radius 2 is 2.08 bits per heavy atom. The number of aromatic amines is 1. The molecule has 1 aromatic carbocycles. The number of aromatic nitrogens is 2. The van der Waals surface area contributed by atoms with Gasteiger partial charge in [0.25, 0.3) is 5.91 Å². The minimum atomic E-state index is -0.606. The number of amides is 2. The summed E-state index contributed by atoms with van der Waals surface area (Å²) in [5.74, 6) is -0.925. The van der Waals surface area contributed by atoms with Crippen molar-refractivity contribution in [1.29, 1.82) is 0 Å². The van der Waals surface area contributed by atoms with Crippen LogP contribution in [0.15, 0.2) is 49.3 Å². The fourth-order valence-electron chi connectivity index (χ4n) is 2.81. The van der Waals surface area contributed by atoms with E-state index in [-0.39, 0.29) is 18.1 Å². The fraction of sp³-hybridized carbons (Fsp3) is 0.0556. The van der Waals surface area contributed by atoms with Crippen LogP contribution in [0.25, 0.3) is 22.0 Å². The molecule has 0 aliphatic heterocycles. The summed E-state index contributed by atoms with van der Waals surface area (Å²) in [7, 11) is 0. The highest BCUT2D eigenvalue weighted by atomic mass is 16.1. The van der Waals surface area contributed by atoms with Crippen LogP contribution in [0.2, 0.25) is 0 Å². The first-order chi connectivity index (χ1) is 12.1. The van der Waals surface area contributed by atoms with E-state index in [1.165, 1.54) is 6.08 Å². The van der Waals surface area contributed by atoms with E-state index >= 15 is 0 Å². The van der Waals surface area contributed by atoms with E-state index < -0.39 is 5.91 Å². The average molecular weight is 335 g/mol. The molecular formula is C18H17N5O2. The minimum Gasteiger partial charge on any atom is -0.364 e. The quantitative estimate of drug-likeness (QED) is 0.531. The molecular weight excluding hydrogens is 318 g/mol. The molecule has 7 heteroatoms. The van der Waals surface area contributed by atoms with Gasteiger partial charge in [0.1, 0.15) is 0 Å². The molecule has 2 amide bonds. The Labute approximate surface area is 143 Å². The number of fused-ring (bicyclic) bond motifs is 1. The molecule has 0 fully saturated rings. The summed E-state index contributed by atoms with van der Waals surface area (Å²) in [6.07, 6.45) is 4.50. The highest BCUT2D eigenvalue weighted by Gasteiger charge is 2.17. The number of rotatable bonds is 5. The molecule has 6 N–H and O–H groups in total. The second-order valence-electron chi connectivity index (χ2n) is 5.38. The molecule has 0 aliphatic rings. The molecule has 3 aromatic rings. The lowest BCUT2D eigenvalue weighted by molar-refractivity contribution is -0.111. The highest BCUT2D eigenvalue weighted by Crippen LogP contribution is 2.34. The number of carbonyl (C=O) groups excluding carboxylic acids is 2. The predicted molar refractivity (Wildman–Crippen MR) is 96.8 cm³/mol. The SMILES string of the molecule is C=CC(=O)Nc1cccc(-c2cnc(C(N)=O)c3[nH]ccc23)c1CN. The summed E-state index contributed by atoms with van der Waals surface area (Å²) >= 11 is 0. The van der Waals surface area contributed by atoms with Crippen molar-refractivity contribution in [3.63, 3.8) is 0 Å². The lowest BCUT2D eigenvalue weighted by Gasteiger charge is -2.15. The molecule has 0 unspecified atom stereocenters. The van der Waals surface area contributed by atoms with Crippen LogP contribution in [-0.2, 0) is 11.3 Å². The van der Waals surface area contributed by atoms with E-state index in [9.17, 15) is 9.59 Å². The third-order valence-electron chi connectivity index (χ3n) is 3.94. The number of nitrogens with zero attached hydrogens (tertiary/aromatic N) is 1. The fourth-order valence-corrected chi connectivity index (χ4v) is 2.81. The zero-order valence-electron chi connectivity index (χ0n) is 13.4. The van der Waals surface area contributed by atoms with Crippen molar-refractivity contribution in [2.45, 2.75) is 6.54 Å². The van der Waals surface area contributed by atoms with Crippen LogP contribution in [0.5, 0.6) is 0 Å². The smallest absolute Gasteiger partial charge is 0.269 e. The molecule has 0 radical (unpaired) electrons. The second-order valence-corrected chi connectivity index (χ2v) is 5.38. The maximum Gasteiger partial charge on any atom is 0.269 e. The molecule has 126 valence electrons. The molecule has 2 aromatic heterocycles. The lowest BCUT2D eigenvalue weighted by atomic mass is 9.96.